The third-order valence-corrected chi connectivity index (χ3v) is 3.57. The molecule has 1 saturated heterocycles. The molecule has 2 aliphatic heterocycles. The first-order valence-electron chi connectivity index (χ1n) is 6.59. The highest BCUT2D eigenvalue weighted by Gasteiger charge is 2.31. The Kier molecular flexibility index (Phi) is 3.43. The van der Waals surface area contributed by atoms with E-state index in [1.807, 2.05) is 29.3 Å². The molecule has 0 radical (unpaired) electrons. The van der Waals surface area contributed by atoms with Gasteiger partial charge in [-0.05, 0) is 12.1 Å². The van der Waals surface area contributed by atoms with Crippen LogP contribution < -0.4 is 10.7 Å². The van der Waals surface area contributed by atoms with E-state index in [1.54, 1.807) is 5.01 Å². The molecule has 3 N–H and O–H groups in total. The van der Waals surface area contributed by atoms with Gasteiger partial charge in [0.1, 0.15) is 0 Å². The maximum absolute atomic E-state index is 11.5. The van der Waals surface area contributed by atoms with Gasteiger partial charge in [0, 0.05) is 24.2 Å². The Bertz CT molecular complexity index is 552. The molecule has 2 heterocycles. The van der Waals surface area contributed by atoms with Gasteiger partial charge >= 0.3 is 0 Å². The van der Waals surface area contributed by atoms with Gasteiger partial charge in [-0.2, -0.15) is 0 Å². The van der Waals surface area contributed by atoms with Crippen LogP contribution in [0.15, 0.2) is 30.3 Å². The smallest absolute Gasteiger partial charge is 0.249 e. The molecule has 1 atom stereocenters. The standard InChI is InChI=1S/C14H17N3O3/c15-14(19)11-9-13(18)17(16-5-7-20-8-6-16)12-4-2-1-3-10(11)12/h1-4,9,13,18H,5-8H2,(H2,15,19). The number of hydrazine groups is 1. The van der Waals surface area contributed by atoms with E-state index < -0.39 is 12.1 Å². The molecule has 0 aromatic heterocycles. The maximum Gasteiger partial charge on any atom is 0.249 e. The molecule has 0 aliphatic carbocycles. The van der Waals surface area contributed by atoms with Crippen molar-refractivity contribution >= 4 is 17.2 Å². The molecular weight excluding hydrogens is 258 g/mol. The molecule has 1 amide bonds. The number of para-hydroxylation sites is 1. The summed E-state index contributed by atoms with van der Waals surface area (Å²) in [5.74, 6) is -0.530. The number of amides is 1. The number of nitrogens with two attached hydrogens (primary N) is 1. The second-order valence-electron chi connectivity index (χ2n) is 4.79. The van der Waals surface area contributed by atoms with Crippen LogP contribution in [0.5, 0.6) is 0 Å². The lowest BCUT2D eigenvalue weighted by Crippen LogP contribution is -2.54. The van der Waals surface area contributed by atoms with Crippen LogP contribution in [0.2, 0.25) is 0 Å². The van der Waals surface area contributed by atoms with Crippen LogP contribution in [0.25, 0.3) is 5.57 Å². The molecule has 0 bridgehead atoms. The largest absolute Gasteiger partial charge is 0.379 e. The Balaban J connectivity index is 2.03. The first kappa shape index (κ1) is 13.1. The summed E-state index contributed by atoms with van der Waals surface area (Å²) in [7, 11) is 0. The van der Waals surface area contributed by atoms with Crippen LogP contribution in [0, 0.1) is 0 Å². The number of hydrogen-bond acceptors (Lipinski definition) is 5. The Labute approximate surface area is 117 Å². The highest BCUT2D eigenvalue weighted by molar-refractivity contribution is 6.21. The molecule has 6 heteroatoms. The molecule has 20 heavy (non-hydrogen) atoms. The van der Waals surface area contributed by atoms with Crippen LogP contribution in [-0.2, 0) is 9.53 Å². The second-order valence-corrected chi connectivity index (χ2v) is 4.79. The van der Waals surface area contributed by atoms with Crippen LogP contribution in [0.1, 0.15) is 5.56 Å². The molecule has 0 spiro atoms. The summed E-state index contributed by atoms with van der Waals surface area (Å²) in [4.78, 5) is 11.5. The number of hydrogen-bond donors (Lipinski definition) is 2. The van der Waals surface area contributed by atoms with E-state index in [0.717, 1.165) is 11.3 Å². The van der Waals surface area contributed by atoms with E-state index in [4.69, 9.17) is 10.5 Å². The second kappa shape index (κ2) is 5.24. The number of fused-ring (bicyclic) bond motifs is 1. The van der Waals surface area contributed by atoms with Gasteiger partial charge in [-0.1, -0.05) is 18.2 Å². The van der Waals surface area contributed by atoms with Gasteiger partial charge < -0.3 is 15.6 Å². The molecule has 1 aromatic carbocycles. The maximum atomic E-state index is 11.5. The average molecular weight is 275 g/mol. The predicted molar refractivity (Wildman–Crippen MR) is 74.5 cm³/mol. The van der Waals surface area contributed by atoms with Crippen molar-refractivity contribution in [2.24, 2.45) is 5.73 Å². The molecule has 106 valence electrons. The number of carbonyl (C=O) groups is 1. The van der Waals surface area contributed by atoms with Gasteiger partial charge in [0.05, 0.1) is 18.9 Å². The SMILES string of the molecule is NC(=O)C1=CC(O)N(N2CCOCC2)c2ccccc21. The minimum atomic E-state index is -0.898. The van der Waals surface area contributed by atoms with Crippen LogP contribution in [0.3, 0.4) is 0 Å². The van der Waals surface area contributed by atoms with Gasteiger partial charge in [0.15, 0.2) is 6.23 Å². The van der Waals surface area contributed by atoms with E-state index in [-0.39, 0.29) is 0 Å². The number of primary amides is 1. The molecule has 1 aromatic rings. The van der Waals surface area contributed by atoms with Crippen molar-refractivity contribution < 1.29 is 14.6 Å². The highest BCUT2D eigenvalue weighted by atomic mass is 16.5. The predicted octanol–water partition coefficient (Wildman–Crippen LogP) is -0.0591. The number of carbonyl (C=O) groups excluding carboxylic acids is 1. The molecule has 2 aliphatic rings. The zero-order chi connectivity index (χ0) is 14.1. The molecule has 3 rings (SSSR count). The summed E-state index contributed by atoms with van der Waals surface area (Å²) < 4.78 is 5.33. The third-order valence-electron chi connectivity index (χ3n) is 3.57. The van der Waals surface area contributed by atoms with Crippen LogP contribution in [-0.4, -0.2) is 48.6 Å². The van der Waals surface area contributed by atoms with Crippen molar-refractivity contribution in [3.63, 3.8) is 0 Å². The van der Waals surface area contributed by atoms with Gasteiger partial charge in [-0.25, -0.2) is 5.01 Å². The summed E-state index contributed by atoms with van der Waals surface area (Å²) in [6, 6.07) is 7.45. The van der Waals surface area contributed by atoms with Crippen LogP contribution in [0.4, 0.5) is 5.69 Å². The highest BCUT2D eigenvalue weighted by Crippen LogP contribution is 2.34. The molecule has 1 unspecified atom stereocenters. The van der Waals surface area contributed by atoms with E-state index in [2.05, 4.69) is 0 Å². The van der Waals surface area contributed by atoms with Crippen molar-refractivity contribution in [1.82, 2.24) is 5.01 Å². The van der Waals surface area contributed by atoms with Gasteiger partial charge in [-0.3, -0.25) is 9.80 Å². The molecule has 0 saturated carbocycles. The zero-order valence-corrected chi connectivity index (χ0v) is 11.0. The normalized spacial score (nSPS) is 23.1. The van der Waals surface area contributed by atoms with E-state index in [1.165, 1.54) is 6.08 Å². The lowest BCUT2D eigenvalue weighted by atomic mass is 9.98. The lowest BCUT2D eigenvalue weighted by molar-refractivity contribution is -0.112. The van der Waals surface area contributed by atoms with Crippen molar-refractivity contribution in [1.29, 1.82) is 0 Å². The number of rotatable bonds is 2. The topological polar surface area (TPSA) is 79.0 Å². The Morgan fingerprint density at radius 3 is 2.70 bits per heavy atom. The molecule has 1 fully saturated rings. The number of anilines is 1. The summed E-state index contributed by atoms with van der Waals surface area (Å²) in [6.07, 6.45) is 0.602. The first-order chi connectivity index (χ1) is 9.68. The fourth-order valence-corrected chi connectivity index (χ4v) is 2.66. The summed E-state index contributed by atoms with van der Waals surface area (Å²) in [6.45, 7) is 2.64. The summed E-state index contributed by atoms with van der Waals surface area (Å²) in [5.41, 5.74) is 7.29. The Morgan fingerprint density at radius 2 is 2.00 bits per heavy atom. The first-order valence-corrected chi connectivity index (χ1v) is 6.59. The average Bonchev–Trinajstić information content (AvgIpc) is 2.47. The monoisotopic (exact) mass is 275 g/mol. The van der Waals surface area contributed by atoms with Crippen molar-refractivity contribution in [2.45, 2.75) is 6.23 Å². The minimum Gasteiger partial charge on any atom is -0.379 e. The number of morpholine rings is 1. The Morgan fingerprint density at radius 1 is 1.30 bits per heavy atom. The number of nitrogens with zero attached hydrogens (tertiary/aromatic N) is 2. The number of ether oxygens (including phenoxy) is 1. The quantitative estimate of drug-likeness (QED) is 0.790. The van der Waals surface area contributed by atoms with Crippen molar-refractivity contribution in [3.8, 4) is 0 Å². The number of benzene rings is 1. The number of aliphatic hydroxyl groups excluding tert-OH is 1. The van der Waals surface area contributed by atoms with Crippen molar-refractivity contribution in [3.05, 3.63) is 35.9 Å². The van der Waals surface area contributed by atoms with Gasteiger partial charge in [0.2, 0.25) is 5.91 Å². The van der Waals surface area contributed by atoms with E-state index >= 15 is 0 Å². The third kappa shape index (κ3) is 2.18. The van der Waals surface area contributed by atoms with Crippen LogP contribution >= 0.6 is 0 Å². The van der Waals surface area contributed by atoms with E-state index in [9.17, 15) is 9.90 Å². The van der Waals surface area contributed by atoms with E-state index in [0.29, 0.717) is 31.9 Å². The fraction of sp³-hybridized carbons (Fsp3) is 0.357. The summed E-state index contributed by atoms with van der Waals surface area (Å²) >= 11 is 0. The lowest BCUT2D eigenvalue weighted by Gasteiger charge is -2.43. The minimum absolute atomic E-state index is 0.359. The van der Waals surface area contributed by atoms with Crippen molar-refractivity contribution in [2.75, 3.05) is 31.3 Å². The fourth-order valence-electron chi connectivity index (χ4n) is 2.66. The summed E-state index contributed by atoms with van der Waals surface area (Å²) in [5, 5.41) is 14.2. The zero-order valence-electron chi connectivity index (χ0n) is 11.0. The molecular formula is C14H17N3O3. The van der Waals surface area contributed by atoms with Gasteiger partial charge in [-0.15, -0.1) is 0 Å². The van der Waals surface area contributed by atoms with Gasteiger partial charge in [0.25, 0.3) is 0 Å². The Hall–Kier alpha value is -1.89. The number of aliphatic hydroxyl groups is 1. The molecule has 6 nitrogen and oxygen atoms in total.